The van der Waals surface area contributed by atoms with Crippen molar-refractivity contribution in [2.75, 3.05) is 55.7 Å². The Morgan fingerprint density at radius 3 is 2.42 bits per heavy atom. The van der Waals surface area contributed by atoms with Crippen molar-refractivity contribution in [1.29, 1.82) is 5.26 Å². The summed E-state index contributed by atoms with van der Waals surface area (Å²) < 4.78 is 36.0. The first-order valence-corrected chi connectivity index (χ1v) is 17.9. The number of aryl methyl sites for hydroxylation is 1. The van der Waals surface area contributed by atoms with E-state index in [2.05, 4.69) is 42.0 Å². The van der Waals surface area contributed by atoms with Crippen LogP contribution in [0.4, 0.5) is 11.5 Å². The van der Waals surface area contributed by atoms with Gasteiger partial charge in [-0.15, -0.1) is 0 Å². The van der Waals surface area contributed by atoms with E-state index in [0.717, 1.165) is 56.2 Å². The number of hydrogen-bond acceptors (Lipinski definition) is 9. The summed E-state index contributed by atoms with van der Waals surface area (Å²) in [7, 11) is -3.91. The predicted octanol–water partition coefficient (Wildman–Crippen LogP) is 3.71. The number of anilines is 2. The maximum atomic E-state index is 14.2. The minimum absolute atomic E-state index is 0.0806. The Labute approximate surface area is 271 Å². The molecular weight excluding hydrogens is 614 g/mol. The molecule has 2 unspecified atom stereocenters. The smallest absolute Gasteiger partial charge is 0.244 e. The van der Waals surface area contributed by atoms with Gasteiger partial charge in [-0.05, 0) is 78.0 Å². The third kappa shape index (κ3) is 6.42. The molecular formula is C32H44ClN7O4S. The van der Waals surface area contributed by atoms with Crippen LogP contribution in [0.3, 0.4) is 0 Å². The Morgan fingerprint density at radius 1 is 1.13 bits per heavy atom. The van der Waals surface area contributed by atoms with Crippen LogP contribution in [0.15, 0.2) is 29.2 Å². The number of nitrogens with one attached hydrogen (secondary N) is 1. The molecule has 45 heavy (non-hydrogen) atoms. The van der Waals surface area contributed by atoms with E-state index in [1.165, 1.54) is 0 Å². The second-order valence-electron chi connectivity index (χ2n) is 13.9. The SMILES string of the molecule is Cc1cc(N2CC(S(=O)(=O)c3ccc(N4CCN(C(C)(C)C)CC4)cc3Cl)CC2C(=O)NC2(C#N)CC2)n(C2CCOCC2)n1. The molecule has 244 valence electrons. The van der Waals surface area contributed by atoms with E-state index in [1.807, 2.05) is 28.6 Å². The highest BCUT2D eigenvalue weighted by Crippen LogP contribution is 2.39. The van der Waals surface area contributed by atoms with Crippen molar-refractivity contribution in [3.05, 3.63) is 35.0 Å². The monoisotopic (exact) mass is 657 g/mol. The van der Waals surface area contributed by atoms with Crippen LogP contribution in [-0.4, -0.2) is 97.3 Å². The molecule has 6 rings (SSSR count). The molecule has 0 spiro atoms. The zero-order valence-electron chi connectivity index (χ0n) is 26.6. The average molecular weight is 658 g/mol. The van der Waals surface area contributed by atoms with Crippen molar-refractivity contribution in [3.8, 4) is 6.07 Å². The first-order valence-electron chi connectivity index (χ1n) is 16.0. The summed E-state index contributed by atoms with van der Waals surface area (Å²) in [5.41, 5.74) is 0.925. The van der Waals surface area contributed by atoms with E-state index in [-0.39, 0.29) is 40.4 Å². The highest BCUT2D eigenvalue weighted by atomic mass is 35.5. The lowest BCUT2D eigenvalue weighted by atomic mass is 10.0. The van der Waals surface area contributed by atoms with Crippen molar-refractivity contribution in [2.24, 2.45) is 0 Å². The second-order valence-corrected chi connectivity index (χ2v) is 16.5. The van der Waals surface area contributed by atoms with Crippen molar-refractivity contribution in [2.45, 2.75) is 93.1 Å². The molecule has 11 nitrogen and oxygen atoms in total. The zero-order valence-corrected chi connectivity index (χ0v) is 28.2. The van der Waals surface area contributed by atoms with Gasteiger partial charge in [-0.2, -0.15) is 10.4 Å². The number of benzene rings is 1. The van der Waals surface area contributed by atoms with Crippen LogP contribution in [0, 0.1) is 18.3 Å². The van der Waals surface area contributed by atoms with Gasteiger partial charge < -0.3 is 19.9 Å². The standard InChI is InChI=1S/C32H44ClN7O4S/c1-22-17-29(40(36-22)23-7-15-44-16-8-23)39-20-25(19-27(39)30(41)35-32(21-34)9-10-32)45(42,43)28-6-5-24(18-26(28)33)37-11-13-38(14-12-37)31(2,3)4/h5-6,17-18,23,25,27H,7-16,19-20H2,1-4H3,(H,35,41). The largest absolute Gasteiger partial charge is 0.381 e. The summed E-state index contributed by atoms with van der Waals surface area (Å²) in [5, 5.41) is 16.7. The highest BCUT2D eigenvalue weighted by Gasteiger charge is 2.50. The first-order chi connectivity index (χ1) is 21.3. The van der Waals surface area contributed by atoms with Gasteiger partial charge in [0.25, 0.3) is 0 Å². The Morgan fingerprint density at radius 2 is 1.82 bits per heavy atom. The van der Waals surface area contributed by atoms with Crippen molar-refractivity contribution < 1.29 is 17.9 Å². The van der Waals surface area contributed by atoms with Crippen LogP contribution in [0.1, 0.15) is 64.6 Å². The maximum Gasteiger partial charge on any atom is 0.244 e. The normalized spacial score (nSPS) is 24.4. The number of ether oxygens (including phenoxy) is 1. The number of amides is 1. The average Bonchev–Trinajstić information content (AvgIpc) is 3.44. The minimum Gasteiger partial charge on any atom is -0.381 e. The van der Waals surface area contributed by atoms with Crippen LogP contribution in [0.25, 0.3) is 0 Å². The highest BCUT2D eigenvalue weighted by molar-refractivity contribution is 7.92. The Bertz CT molecular complexity index is 1580. The third-order valence-electron chi connectivity index (χ3n) is 9.82. The van der Waals surface area contributed by atoms with E-state index < -0.39 is 26.7 Å². The molecule has 1 aromatic carbocycles. The zero-order chi connectivity index (χ0) is 32.1. The molecule has 1 N–H and O–H groups in total. The Balaban J connectivity index is 1.27. The molecule has 1 saturated carbocycles. The molecule has 13 heteroatoms. The molecule has 1 amide bonds. The fraction of sp³-hybridized carbons (Fsp3) is 0.656. The molecule has 0 radical (unpaired) electrons. The molecule has 4 fully saturated rings. The van der Waals surface area contributed by atoms with Gasteiger partial charge in [-0.1, -0.05) is 11.6 Å². The number of rotatable bonds is 7. The van der Waals surface area contributed by atoms with Gasteiger partial charge in [-0.25, -0.2) is 13.1 Å². The van der Waals surface area contributed by atoms with E-state index in [4.69, 9.17) is 21.4 Å². The number of sulfone groups is 1. The summed E-state index contributed by atoms with van der Waals surface area (Å²) >= 11 is 6.74. The number of nitriles is 1. The predicted molar refractivity (Wildman–Crippen MR) is 173 cm³/mol. The summed E-state index contributed by atoms with van der Waals surface area (Å²) in [6.45, 7) is 13.4. The third-order valence-corrected chi connectivity index (χ3v) is 12.4. The topological polar surface area (TPSA) is 124 Å². The molecule has 4 heterocycles. The summed E-state index contributed by atoms with van der Waals surface area (Å²) in [5.74, 6) is 0.384. The first kappa shape index (κ1) is 32.1. The molecule has 2 aromatic rings. The van der Waals surface area contributed by atoms with Crippen LogP contribution >= 0.6 is 11.6 Å². The molecule has 0 bridgehead atoms. The van der Waals surface area contributed by atoms with Crippen LogP contribution in [0.5, 0.6) is 0 Å². The number of carbonyl (C=O) groups excluding carboxylic acids is 1. The summed E-state index contributed by atoms with van der Waals surface area (Å²) in [6.07, 6.45) is 2.84. The van der Waals surface area contributed by atoms with E-state index in [1.54, 1.807) is 12.1 Å². The number of piperazine rings is 1. The van der Waals surface area contributed by atoms with Gasteiger partial charge in [0.15, 0.2) is 9.84 Å². The van der Waals surface area contributed by atoms with Gasteiger partial charge in [0.05, 0.1) is 33.0 Å². The molecule has 1 aliphatic carbocycles. The van der Waals surface area contributed by atoms with Crippen LogP contribution in [0.2, 0.25) is 5.02 Å². The fourth-order valence-corrected chi connectivity index (χ4v) is 9.12. The molecule has 2 atom stereocenters. The minimum atomic E-state index is -3.91. The summed E-state index contributed by atoms with van der Waals surface area (Å²) in [6, 6.07) is 8.67. The number of aromatic nitrogens is 2. The number of halogens is 1. The quantitative estimate of drug-likeness (QED) is 0.475. The van der Waals surface area contributed by atoms with E-state index in [0.29, 0.717) is 26.1 Å². The lowest BCUT2D eigenvalue weighted by molar-refractivity contribution is -0.122. The van der Waals surface area contributed by atoms with Crippen LogP contribution < -0.4 is 15.1 Å². The van der Waals surface area contributed by atoms with Crippen molar-refractivity contribution in [3.63, 3.8) is 0 Å². The van der Waals surface area contributed by atoms with Crippen LogP contribution in [-0.2, 0) is 19.4 Å². The lowest BCUT2D eigenvalue weighted by Crippen LogP contribution is -2.53. The van der Waals surface area contributed by atoms with Gasteiger partial charge in [0.1, 0.15) is 17.4 Å². The van der Waals surface area contributed by atoms with E-state index >= 15 is 0 Å². The van der Waals surface area contributed by atoms with Gasteiger partial charge >= 0.3 is 0 Å². The molecule has 3 saturated heterocycles. The number of carbonyl (C=O) groups is 1. The van der Waals surface area contributed by atoms with Gasteiger partial charge in [-0.3, -0.25) is 9.69 Å². The van der Waals surface area contributed by atoms with Gasteiger partial charge in [0, 0.05) is 63.2 Å². The second kappa shape index (κ2) is 12.1. The van der Waals surface area contributed by atoms with Crippen molar-refractivity contribution >= 4 is 38.9 Å². The maximum absolute atomic E-state index is 14.2. The number of hydrogen-bond donors (Lipinski definition) is 1. The van der Waals surface area contributed by atoms with Gasteiger partial charge in [0.2, 0.25) is 5.91 Å². The Kier molecular flexibility index (Phi) is 8.61. The fourth-order valence-electron chi connectivity index (χ4n) is 6.88. The molecule has 3 aliphatic heterocycles. The summed E-state index contributed by atoms with van der Waals surface area (Å²) in [4.78, 5) is 20.4. The Hall–Kier alpha value is -2.85. The van der Waals surface area contributed by atoms with Crippen molar-refractivity contribution in [1.82, 2.24) is 20.0 Å². The molecule has 4 aliphatic rings. The lowest BCUT2D eigenvalue weighted by Gasteiger charge is -2.43. The number of nitrogens with zero attached hydrogens (tertiary/aromatic N) is 6. The molecule has 1 aromatic heterocycles. The van der Waals surface area contributed by atoms with E-state index in [9.17, 15) is 18.5 Å².